The van der Waals surface area contributed by atoms with Crippen LogP contribution in [0.5, 0.6) is 0 Å². The minimum atomic E-state index is 0.148. The normalized spacial score (nSPS) is 33.1. The van der Waals surface area contributed by atoms with E-state index >= 15 is 0 Å². The minimum Gasteiger partial charge on any atom is -0.374 e. The Kier molecular flexibility index (Phi) is 3.04. The predicted octanol–water partition coefficient (Wildman–Crippen LogP) is 1.89. The smallest absolute Gasteiger partial charge is 0.148 e. The molecule has 4 nitrogen and oxygen atoms in total. The molecule has 1 N–H and O–H groups in total. The van der Waals surface area contributed by atoms with Gasteiger partial charge >= 0.3 is 0 Å². The van der Waals surface area contributed by atoms with Crippen LogP contribution in [-0.2, 0) is 11.8 Å². The van der Waals surface area contributed by atoms with Crippen LogP contribution in [0.4, 0.5) is 5.82 Å². The van der Waals surface area contributed by atoms with E-state index in [1.165, 1.54) is 12.2 Å². The first kappa shape index (κ1) is 11.4. The second kappa shape index (κ2) is 4.53. The number of rotatable bonds is 2. The fourth-order valence-corrected chi connectivity index (χ4v) is 4.09. The number of ether oxygens (including phenoxy) is 1. The second-order valence-electron chi connectivity index (χ2n) is 5.04. The van der Waals surface area contributed by atoms with Crippen molar-refractivity contribution < 1.29 is 4.74 Å². The molecule has 2 fully saturated rings. The Labute approximate surface area is 106 Å². The fraction of sp³-hybridized carbons (Fsp3) is 0.750. The summed E-state index contributed by atoms with van der Waals surface area (Å²) in [6, 6.07) is 2.54. The van der Waals surface area contributed by atoms with Gasteiger partial charge in [-0.15, -0.1) is 0 Å². The Hall–Kier alpha value is -0.680. The standard InChI is InChI=1S/C12H19N3OS/c1-15-5-2-11(14-15)13-10-3-6-16-12(8-10)4-7-17-9-12/h2,5,10H,3-4,6-9H2,1H3,(H,13,14). The number of hydrogen-bond donors (Lipinski definition) is 1. The molecule has 0 saturated carbocycles. The lowest BCUT2D eigenvalue weighted by atomic mass is 9.90. The van der Waals surface area contributed by atoms with Crippen molar-refractivity contribution in [1.82, 2.24) is 9.78 Å². The molecule has 0 amide bonds. The summed E-state index contributed by atoms with van der Waals surface area (Å²) in [7, 11) is 1.95. The maximum absolute atomic E-state index is 6.01. The molecule has 0 bridgehead atoms. The van der Waals surface area contributed by atoms with E-state index in [1.54, 1.807) is 0 Å². The number of nitrogens with zero attached hydrogens (tertiary/aromatic N) is 2. The lowest BCUT2D eigenvalue weighted by Gasteiger charge is -2.38. The fourth-order valence-electron chi connectivity index (χ4n) is 2.72. The molecule has 94 valence electrons. The van der Waals surface area contributed by atoms with E-state index in [0.29, 0.717) is 6.04 Å². The van der Waals surface area contributed by atoms with Gasteiger partial charge in [-0.2, -0.15) is 16.9 Å². The third kappa shape index (κ3) is 2.45. The van der Waals surface area contributed by atoms with Gasteiger partial charge in [0.25, 0.3) is 0 Å². The van der Waals surface area contributed by atoms with E-state index in [1.807, 2.05) is 35.8 Å². The van der Waals surface area contributed by atoms with Crippen LogP contribution in [0, 0.1) is 0 Å². The minimum absolute atomic E-state index is 0.148. The van der Waals surface area contributed by atoms with Crippen LogP contribution < -0.4 is 5.32 Å². The average Bonchev–Trinajstić information content (AvgIpc) is 2.89. The van der Waals surface area contributed by atoms with Crippen molar-refractivity contribution in [2.75, 3.05) is 23.4 Å². The molecule has 1 aromatic heterocycles. The zero-order chi connectivity index (χ0) is 11.7. The topological polar surface area (TPSA) is 39.1 Å². The third-order valence-electron chi connectivity index (χ3n) is 3.63. The molecule has 1 aromatic rings. The first-order valence-corrected chi connectivity index (χ1v) is 7.39. The van der Waals surface area contributed by atoms with Gasteiger partial charge in [-0.05, 0) is 25.0 Å². The molecular formula is C12H19N3OS. The molecule has 0 radical (unpaired) electrons. The number of aryl methyl sites for hydroxylation is 1. The molecule has 3 rings (SSSR count). The summed E-state index contributed by atoms with van der Waals surface area (Å²) in [6.45, 7) is 0.880. The second-order valence-corrected chi connectivity index (χ2v) is 6.15. The molecule has 2 saturated heterocycles. The molecule has 2 unspecified atom stereocenters. The third-order valence-corrected chi connectivity index (χ3v) is 4.85. The van der Waals surface area contributed by atoms with Crippen LogP contribution in [0.2, 0.25) is 0 Å². The summed E-state index contributed by atoms with van der Waals surface area (Å²) in [6.07, 6.45) is 5.39. The van der Waals surface area contributed by atoms with Gasteiger partial charge in [0, 0.05) is 37.7 Å². The lowest BCUT2D eigenvalue weighted by Crippen LogP contribution is -2.44. The monoisotopic (exact) mass is 253 g/mol. The molecule has 17 heavy (non-hydrogen) atoms. The number of hydrogen-bond acceptors (Lipinski definition) is 4. The van der Waals surface area contributed by atoms with E-state index in [2.05, 4.69) is 10.4 Å². The molecular weight excluding hydrogens is 234 g/mol. The number of nitrogens with one attached hydrogen (secondary N) is 1. The van der Waals surface area contributed by atoms with E-state index in [-0.39, 0.29) is 5.60 Å². The highest BCUT2D eigenvalue weighted by molar-refractivity contribution is 7.99. The lowest BCUT2D eigenvalue weighted by molar-refractivity contribution is -0.0628. The van der Waals surface area contributed by atoms with Crippen LogP contribution >= 0.6 is 11.8 Å². The zero-order valence-corrected chi connectivity index (χ0v) is 11.0. The van der Waals surface area contributed by atoms with Crippen molar-refractivity contribution in [2.24, 2.45) is 7.05 Å². The average molecular weight is 253 g/mol. The van der Waals surface area contributed by atoms with Crippen LogP contribution in [0.1, 0.15) is 19.3 Å². The maximum atomic E-state index is 6.01. The van der Waals surface area contributed by atoms with Gasteiger partial charge in [-0.3, -0.25) is 4.68 Å². The highest BCUT2D eigenvalue weighted by Crippen LogP contribution is 2.38. The van der Waals surface area contributed by atoms with E-state index in [4.69, 9.17) is 4.74 Å². The maximum Gasteiger partial charge on any atom is 0.148 e. The molecule has 2 atom stereocenters. The van der Waals surface area contributed by atoms with Gasteiger partial charge in [0.2, 0.25) is 0 Å². The van der Waals surface area contributed by atoms with Gasteiger partial charge in [0.15, 0.2) is 0 Å². The van der Waals surface area contributed by atoms with E-state index in [9.17, 15) is 0 Å². The Morgan fingerprint density at radius 1 is 1.65 bits per heavy atom. The molecule has 2 aliphatic heterocycles. The number of thioether (sulfide) groups is 1. The van der Waals surface area contributed by atoms with Crippen molar-refractivity contribution in [3.63, 3.8) is 0 Å². The summed E-state index contributed by atoms with van der Waals surface area (Å²) < 4.78 is 7.85. The van der Waals surface area contributed by atoms with Crippen molar-refractivity contribution in [3.8, 4) is 0 Å². The molecule has 2 aliphatic rings. The van der Waals surface area contributed by atoms with Gasteiger partial charge in [0.05, 0.1) is 5.60 Å². The Bertz CT molecular complexity index is 387. The highest BCUT2D eigenvalue weighted by Gasteiger charge is 2.40. The van der Waals surface area contributed by atoms with Crippen molar-refractivity contribution in [1.29, 1.82) is 0 Å². The molecule has 5 heteroatoms. The summed E-state index contributed by atoms with van der Waals surface area (Å²) in [5.74, 6) is 3.39. The summed E-state index contributed by atoms with van der Waals surface area (Å²) in [5, 5.41) is 7.91. The van der Waals surface area contributed by atoms with Crippen LogP contribution in [0.3, 0.4) is 0 Å². The quantitative estimate of drug-likeness (QED) is 0.873. The molecule has 0 aliphatic carbocycles. The molecule has 0 aromatic carbocycles. The largest absolute Gasteiger partial charge is 0.374 e. The summed E-state index contributed by atoms with van der Waals surface area (Å²) >= 11 is 2.02. The summed E-state index contributed by atoms with van der Waals surface area (Å²) in [5.41, 5.74) is 0.148. The van der Waals surface area contributed by atoms with Crippen LogP contribution in [0.25, 0.3) is 0 Å². The van der Waals surface area contributed by atoms with Crippen molar-refractivity contribution >= 4 is 17.6 Å². The first-order valence-electron chi connectivity index (χ1n) is 6.24. The number of anilines is 1. The highest BCUT2D eigenvalue weighted by atomic mass is 32.2. The van der Waals surface area contributed by atoms with Gasteiger partial charge in [-0.1, -0.05) is 0 Å². The SMILES string of the molecule is Cn1ccc(NC2CCOC3(CCSC3)C2)n1. The first-order chi connectivity index (χ1) is 8.26. The van der Waals surface area contributed by atoms with Crippen LogP contribution in [-0.4, -0.2) is 39.5 Å². The Morgan fingerprint density at radius 3 is 3.29 bits per heavy atom. The van der Waals surface area contributed by atoms with E-state index < -0.39 is 0 Å². The molecule has 1 spiro atoms. The Morgan fingerprint density at radius 2 is 2.59 bits per heavy atom. The van der Waals surface area contributed by atoms with Gasteiger partial charge in [0.1, 0.15) is 5.82 Å². The molecule has 3 heterocycles. The van der Waals surface area contributed by atoms with Gasteiger partial charge in [-0.25, -0.2) is 0 Å². The zero-order valence-electron chi connectivity index (χ0n) is 10.2. The van der Waals surface area contributed by atoms with Crippen molar-refractivity contribution in [3.05, 3.63) is 12.3 Å². The summed E-state index contributed by atoms with van der Waals surface area (Å²) in [4.78, 5) is 0. The van der Waals surface area contributed by atoms with E-state index in [0.717, 1.165) is 31.0 Å². The van der Waals surface area contributed by atoms with Crippen LogP contribution in [0.15, 0.2) is 12.3 Å². The number of aromatic nitrogens is 2. The van der Waals surface area contributed by atoms with Gasteiger partial charge < -0.3 is 10.1 Å². The Balaban J connectivity index is 1.64. The predicted molar refractivity (Wildman–Crippen MR) is 70.5 cm³/mol. The van der Waals surface area contributed by atoms with Crippen molar-refractivity contribution in [2.45, 2.75) is 30.9 Å².